The van der Waals surface area contributed by atoms with Crippen molar-refractivity contribution in [2.45, 2.75) is 25.3 Å². The van der Waals surface area contributed by atoms with Gasteiger partial charge in [0, 0.05) is 19.5 Å². The molecule has 1 aromatic carbocycles. The second kappa shape index (κ2) is 6.93. The van der Waals surface area contributed by atoms with Gasteiger partial charge in [-0.1, -0.05) is 30.3 Å². The van der Waals surface area contributed by atoms with E-state index in [-0.39, 0.29) is 6.03 Å². The summed E-state index contributed by atoms with van der Waals surface area (Å²) in [7, 11) is 1.34. The summed E-state index contributed by atoms with van der Waals surface area (Å²) in [4.78, 5) is 25.6. The van der Waals surface area contributed by atoms with Gasteiger partial charge in [0.25, 0.3) is 0 Å². The van der Waals surface area contributed by atoms with Gasteiger partial charge >= 0.3 is 12.0 Å². The molecular formula is C15H20N2O3. The van der Waals surface area contributed by atoms with Crippen LogP contribution in [0.1, 0.15) is 18.4 Å². The Labute approximate surface area is 118 Å². The molecule has 0 spiro atoms. The maximum absolute atomic E-state index is 12.1. The number of hydrogen-bond donors (Lipinski definition) is 1. The molecule has 1 aliphatic rings. The van der Waals surface area contributed by atoms with Crippen LogP contribution in [0.4, 0.5) is 4.79 Å². The van der Waals surface area contributed by atoms with Crippen molar-refractivity contribution in [3.63, 3.8) is 0 Å². The van der Waals surface area contributed by atoms with Crippen molar-refractivity contribution in [3.8, 4) is 0 Å². The number of likely N-dealkylation sites (tertiary alicyclic amines) is 1. The minimum atomic E-state index is -0.643. The molecular weight excluding hydrogens is 256 g/mol. The van der Waals surface area contributed by atoms with Gasteiger partial charge in [0.1, 0.15) is 6.04 Å². The first-order valence-corrected chi connectivity index (χ1v) is 6.88. The number of hydrogen-bond acceptors (Lipinski definition) is 3. The van der Waals surface area contributed by atoms with Crippen molar-refractivity contribution in [3.05, 3.63) is 35.9 Å². The van der Waals surface area contributed by atoms with Crippen molar-refractivity contribution in [1.29, 1.82) is 0 Å². The standard InChI is InChI=1S/C15H20N2O3/c1-20-14(18)13(11-12-7-3-2-4-8-12)16-15(19)17-9-5-6-10-17/h2-4,7-8,13H,5-6,9-11H2,1H3,(H,16,19). The van der Waals surface area contributed by atoms with Gasteiger partial charge in [0.15, 0.2) is 0 Å². The molecule has 0 aromatic heterocycles. The number of urea groups is 1. The van der Waals surface area contributed by atoms with Crippen LogP contribution >= 0.6 is 0 Å². The Hall–Kier alpha value is -2.04. The fraction of sp³-hybridized carbons (Fsp3) is 0.467. The summed E-state index contributed by atoms with van der Waals surface area (Å²) in [5.41, 5.74) is 0.990. The van der Waals surface area contributed by atoms with Crippen LogP contribution in [0.25, 0.3) is 0 Å². The highest BCUT2D eigenvalue weighted by Gasteiger charge is 2.25. The smallest absolute Gasteiger partial charge is 0.328 e. The minimum Gasteiger partial charge on any atom is -0.467 e. The summed E-state index contributed by atoms with van der Waals surface area (Å²) in [5.74, 6) is -0.415. The van der Waals surface area contributed by atoms with Crippen LogP contribution in [-0.4, -0.2) is 43.1 Å². The minimum absolute atomic E-state index is 0.186. The third-order valence-corrected chi connectivity index (χ3v) is 3.46. The third kappa shape index (κ3) is 3.73. The fourth-order valence-corrected chi connectivity index (χ4v) is 2.35. The second-order valence-electron chi connectivity index (χ2n) is 4.91. The average molecular weight is 276 g/mol. The van der Waals surface area contributed by atoms with Crippen molar-refractivity contribution in [1.82, 2.24) is 10.2 Å². The SMILES string of the molecule is COC(=O)C(Cc1ccccc1)NC(=O)N1CCCC1. The van der Waals surface area contributed by atoms with Crippen LogP contribution in [0.15, 0.2) is 30.3 Å². The highest BCUT2D eigenvalue weighted by molar-refractivity contribution is 5.83. The third-order valence-electron chi connectivity index (χ3n) is 3.46. The van der Waals surface area contributed by atoms with E-state index in [0.717, 1.165) is 31.5 Å². The molecule has 1 saturated heterocycles. The zero-order valence-electron chi connectivity index (χ0n) is 11.7. The Morgan fingerprint density at radius 1 is 1.25 bits per heavy atom. The number of nitrogens with zero attached hydrogens (tertiary/aromatic N) is 1. The highest BCUT2D eigenvalue weighted by Crippen LogP contribution is 2.09. The summed E-state index contributed by atoms with van der Waals surface area (Å²) >= 11 is 0. The largest absolute Gasteiger partial charge is 0.467 e. The normalized spacial score (nSPS) is 15.8. The zero-order valence-corrected chi connectivity index (χ0v) is 11.7. The number of methoxy groups -OCH3 is 1. The number of carbonyl (C=O) groups is 2. The molecule has 0 radical (unpaired) electrons. The van der Waals surface area contributed by atoms with Gasteiger partial charge in [-0.2, -0.15) is 0 Å². The second-order valence-corrected chi connectivity index (χ2v) is 4.91. The molecule has 1 aromatic rings. The monoisotopic (exact) mass is 276 g/mol. The van der Waals surface area contributed by atoms with Crippen molar-refractivity contribution >= 4 is 12.0 Å². The first-order chi connectivity index (χ1) is 9.70. The molecule has 1 atom stereocenters. The van der Waals surface area contributed by atoms with Crippen molar-refractivity contribution in [2.24, 2.45) is 0 Å². The summed E-state index contributed by atoms with van der Waals surface area (Å²) < 4.78 is 4.78. The average Bonchev–Trinajstić information content (AvgIpc) is 3.01. The van der Waals surface area contributed by atoms with Gasteiger partial charge in [-0.05, 0) is 18.4 Å². The van der Waals surface area contributed by atoms with Gasteiger partial charge in [-0.25, -0.2) is 9.59 Å². The summed E-state index contributed by atoms with van der Waals surface area (Å²) in [5, 5.41) is 2.77. The molecule has 2 amide bonds. The van der Waals surface area contributed by atoms with E-state index < -0.39 is 12.0 Å². The molecule has 108 valence electrons. The van der Waals surface area contributed by atoms with E-state index in [4.69, 9.17) is 4.74 Å². The maximum atomic E-state index is 12.1. The quantitative estimate of drug-likeness (QED) is 0.849. The summed E-state index contributed by atoms with van der Waals surface area (Å²) in [6.45, 7) is 1.51. The van der Waals surface area contributed by atoms with Crippen LogP contribution in [0.3, 0.4) is 0 Å². The fourth-order valence-electron chi connectivity index (χ4n) is 2.35. The number of benzene rings is 1. The number of carbonyl (C=O) groups excluding carboxylic acids is 2. The number of ether oxygens (including phenoxy) is 1. The summed E-state index contributed by atoms with van der Waals surface area (Å²) in [6, 6.07) is 8.76. The van der Waals surface area contributed by atoms with E-state index >= 15 is 0 Å². The van der Waals surface area contributed by atoms with Gasteiger partial charge in [0.2, 0.25) is 0 Å². The predicted octanol–water partition coefficient (Wildman–Crippen LogP) is 1.58. The van der Waals surface area contributed by atoms with E-state index in [1.165, 1.54) is 7.11 Å². The number of amides is 2. The maximum Gasteiger partial charge on any atom is 0.328 e. The Morgan fingerprint density at radius 2 is 1.90 bits per heavy atom. The Kier molecular flexibility index (Phi) is 4.98. The number of nitrogens with one attached hydrogen (secondary N) is 1. The zero-order chi connectivity index (χ0) is 14.4. The molecule has 2 rings (SSSR count). The Bertz CT molecular complexity index is 455. The lowest BCUT2D eigenvalue weighted by Gasteiger charge is -2.21. The van der Waals surface area contributed by atoms with Gasteiger partial charge in [0.05, 0.1) is 7.11 Å². The van der Waals surface area contributed by atoms with Gasteiger partial charge in [-0.3, -0.25) is 0 Å². The first-order valence-electron chi connectivity index (χ1n) is 6.88. The molecule has 5 nitrogen and oxygen atoms in total. The molecule has 0 bridgehead atoms. The molecule has 0 aliphatic carbocycles. The van der Waals surface area contributed by atoms with E-state index in [0.29, 0.717) is 6.42 Å². The van der Waals surface area contributed by atoms with Gasteiger partial charge < -0.3 is 15.0 Å². The van der Waals surface area contributed by atoms with E-state index in [1.54, 1.807) is 4.90 Å². The Morgan fingerprint density at radius 3 is 2.50 bits per heavy atom. The number of esters is 1. The van der Waals surface area contributed by atoms with Crippen LogP contribution in [-0.2, 0) is 16.0 Å². The van der Waals surface area contributed by atoms with Crippen molar-refractivity contribution < 1.29 is 14.3 Å². The molecule has 5 heteroatoms. The number of rotatable bonds is 4. The van der Waals surface area contributed by atoms with Gasteiger partial charge in [-0.15, -0.1) is 0 Å². The summed E-state index contributed by atoms with van der Waals surface area (Å²) in [6.07, 6.45) is 2.48. The lowest BCUT2D eigenvalue weighted by atomic mass is 10.1. The Balaban J connectivity index is 2.00. The highest BCUT2D eigenvalue weighted by atomic mass is 16.5. The molecule has 1 unspecified atom stereocenters. The van der Waals surface area contributed by atoms with Crippen LogP contribution in [0, 0.1) is 0 Å². The van der Waals surface area contributed by atoms with Crippen molar-refractivity contribution in [2.75, 3.05) is 20.2 Å². The first kappa shape index (κ1) is 14.4. The van der Waals surface area contributed by atoms with Crippen LogP contribution in [0.2, 0.25) is 0 Å². The molecule has 1 aliphatic heterocycles. The lowest BCUT2D eigenvalue weighted by molar-refractivity contribution is -0.142. The predicted molar refractivity (Wildman–Crippen MR) is 75.3 cm³/mol. The molecule has 20 heavy (non-hydrogen) atoms. The molecule has 1 heterocycles. The lowest BCUT2D eigenvalue weighted by Crippen LogP contribution is -2.48. The van der Waals surface area contributed by atoms with Crippen LogP contribution < -0.4 is 5.32 Å². The van der Waals surface area contributed by atoms with E-state index in [1.807, 2.05) is 30.3 Å². The van der Waals surface area contributed by atoms with E-state index in [9.17, 15) is 9.59 Å². The topological polar surface area (TPSA) is 58.6 Å². The van der Waals surface area contributed by atoms with Crippen LogP contribution in [0.5, 0.6) is 0 Å². The molecule has 0 saturated carbocycles. The van der Waals surface area contributed by atoms with E-state index in [2.05, 4.69) is 5.32 Å². The molecule has 1 fully saturated rings. The molecule has 1 N–H and O–H groups in total.